The van der Waals surface area contributed by atoms with Crippen LogP contribution in [0.15, 0.2) is 5.38 Å². The quantitative estimate of drug-likeness (QED) is 0.849. The molecule has 2 rings (SSSR count). The van der Waals surface area contributed by atoms with Gasteiger partial charge >= 0.3 is 5.97 Å². The summed E-state index contributed by atoms with van der Waals surface area (Å²) in [6.07, 6.45) is 0. The molecular weight excluding hydrogens is 244 g/mol. The van der Waals surface area contributed by atoms with Crippen LogP contribution >= 0.6 is 23.1 Å². The Kier molecular flexibility index (Phi) is 2.98. The monoisotopic (exact) mass is 258 g/mol. The molecule has 0 aromatic carbocycles. The predicted molar refractivity (Wildman–Crippen MR) is 65.8 cm³/mol. The molecule has 88 valence electrons. The molecule has 2 atom stereocenters. The maximum absolute atomic E-state index is 11.1. The summed E-state index contributed by atoms with van der Waals surface area (Å²) in [7, 11) is 0. The zero-order valence-electron chi connectivity index (χ0n) is 9.35. The first kappa shape index (κ1) is 11.9. The van der Waals surface area contributed by atoms with Crippen molar-refractivity contribution in [2.75, 3.05) is 0 Å². The molecule has 0 saturated carbocycles. The van der Waals surface area contributed by atoms with Crippen molar-refractivity contribution in [3.63, 3.8) is 0 Å². The minimum absolute atomic E-state index is 0.00481. The first-order chi connectivity index (χ1) is 7.40. The number of aromatic nitrogens is 1. The summed E-state index contributed by atoms with van der Waals surface area (Å²) >= 11 is 3.20. The second kappa shape index (κ2) is 4.01. The van der Waals surface area contributed by atoms with Gasteiger partial charge in [-0.25, -0.2) is 4.98 Å². The molecule has 0 amide bonds. The molecule has 1 fully saturated rings. The molecule has 1 aliphatic rings. The normalized spacial score (nSPS) is 28.2. The molecule has 1 aliphatic heterocycles. The zero-order chi connectivity index (χ0) is 11.9. The van der Waals surface area contributed by atoms with Crippen LogP contribution in [-0.4, -0.2) is 26.8 Å². The Morgan fingerprint density at radius 2 is 2.31 bits per heavy atom. The van der Waals surface area contributed by atoms with E-state index in [9.17, 15) is 4.79 Å². The lowest BCUT2D eigenvalue weighted by atomic mass is 10.0. The van der Waals surface area contributed by atoms with Gasteiger partial charge in [0.2, 0.25) is 0 Å². The van der Waals surface area contributed by atoms with Gasteiger partial charge in [0.1, 0.15) is 16.4 Å². The molecule has 2 heterocycles. The molecule has 0 spiro atoms. The van der Waals surface area contributed by atoms with E-state index in [4.69, 9.17) is 5.11 Å². The number of thiazole rings is 1. The van der Waals surface area contributed by atoms with Gasteiger partial charge in [0, 0.05) is 15.8 Å². The van der Waals surface area contributed by atoms with Crippen LogP contribution in [0, 0.1) is 6.92 Å². The number of carboxylic acids is 1. The number of nitrogens with zero attached hydrogens (tertiary/aromatic N) is 1. The number of hydrogen-bond acceptors (Lipinski definition) is 5. The Hall–Kier alpha value is -0.590. The number of aryl methyl sites for hydroxylation is 1. The average Bonchev–Trinajstić information content (AvgIpc) is 2.69. The van der Waals surface area contributed by atoms with E-state index in [2.05, 4.69) is 10.3 Å². The van der Waals surface area contributed by atoms with Crippen LogP contribution in [0.3, 0.4) is 0 Å². The number of carboxylic acid groups (broad SMARTS) is 1. The summed E-state index contributed by atoms with van der Waals surface area (Å²) in [6, 6.07) is -0.522. The van der Waals surface area contributed by atoms with Crippen LogP contribution in [0.4, 0.5) is 0 Å². The van der Waals surface area contributed by atoms with Crippen LogP contribution in [0.1, 0.15) is 29.9 Å². The number of aliphatic carboxylic acids is 1. The average molecular weight is 258 g/mol. The fourth-order valence-corrected chi connectivity index (χ4v) is 4.05. The molecule has 0 aliphatic carbocycles. The Balaban J connectivity index is 2.20. The van der Waals surface area contributed by atoms with Gasteiger partial charge in [-0.2, -0.15) is 0 Å². The Bertz CT molecular complexity index is 417. The van der Waals surface area contributed by atoms with Gasteiger partial charge in [0.15, 0.2) is 0 Å². The van der Waals surface area contributed by atoms with Gasteiger partial charge in [0.05, 0.1) is 0 Å². The molecule has 2 unspecified atom stereocenters. The van der Waals surface area contributed by atoms with E-state index in [0.29, 0.717) is 0 Å². The fourth-order valence-electron chi connectivity index (χ4n) is 1.74. The summed E-state index contributed by atoms with van der Waals surface area (Å²) < 4.78 is -0.309. The molecule has 1 saturated heterocycles. The first-order valence-corrected chi connectivity index (χ1v) is 6.75. The van der Waals surface area contributed by atoms with Crippen molar-refractivity contribution in [1.29, 1.82) is 0 Å². The van der Waals surface area contributed by atoms with E-state index in [1.165, 1.54) is 0 Å². The number of carbonyl (C=O) groups is 1. The fraction of sp³-hybridized carbons (Fsp3) is 0.600. The van der Waals surface area contributed by atoms with Crippen molar-refractivity contribution in [3.05, 3.63) is 16.1 Å². The van der Waals surface area contributed by atoms with Gasteiger partial charge in [-0.05, 0) is 20.8 Å². The Morgan fingerprint density at radius 1 is 1.62 bits per heavy atom. The highest BCUT2D eigenvalue weighted by Crippen LogP contribution is 2.46. The predicted octanol–water partition coefficient (Wildman–Crippen LogP) is 2.02. The Labute approximate surface area is 102 Å². The summed E-state index contributed by atoms with van der Waals surface area (Å²) in [5.74, 6) is -0.798. The third-order valence-corrected chi connectivity index (χ3v) is 5.16. The van der Waals surface area contributed by atoms with Crippen LogP contribution in [0.25, 0.3) is 0 Å². The topological polar surface area (TPSA) is 62.2 Å². The lowest BCUT2D eigenvalue weighted by molar-refractivity contribution is -0.139. The SMILES string of the molecule is Cc1csc(C2NC(C(=O)O)C(C)(C)S2)n1. The third kappa shape index (κ3) is 2.09. The van der Waals surface area contributed by atoms with Crippen molar-refractivity contribution >= 4 is 29.1 Å². The van der Waals surface area contributed by atoms with Crippen LogP contribution in [0.2, 0.25) is 0 Å². The summed E-state index contributed by atoms with van der Waals surface area (Å²) in [5.41, 5.74) is 0.985. The highest BCUT2D eigenvalue weighted by molar-refractivity contribution is 8.01. The standard InChI is InChI=1S/C10H14N2O2S2/c1-5-4-15-7(11-5)8-12-6(9(13)14)10(2,3)16-8/h4,6,8,12H,1-3H3,(H,13,14). The van der Waals surface area contributed by atoms with Gasteiger partial charge in [0.25, 0.3) is 0 Å². The molecule has 16 heavy (non-hydrogen) atoms. The van der Waals surface area contributed by atoms with Crippen molar-refractivity contribution in [2.45, 2.75) is 36.9 Å². The van der Waals surface area contributed by atoms with Crippen molar-refractivity contribution in [3.8, 4) is 0 Å². The molecule has 0 radical (unpaired) electrons. The largest absolute Gasteiger partial charge is 0.480 e. The van der Waals surface area contributed by atoms with E-state index in [1.54, 1.807) is 23.1 Å². The second-order valence-electron chi connectivity index (χ2n) is 4.37. The van der Waals surface area contributed by atoms with Crippen molar-refractivity contribution in [2.24, 2.45) is 0 Å². The number of thioether (sulfide) groups is 1. The lowest BCUT2D eigenvalue weighted by Gasteiger charge is -2.20. The van der Waals surface area contributed by atoms with E-state index < -0.39 is 12.0 Å². The van der Waals surface area contributed by atoms with Crippen LogP contribution in [-0.2, 0) is 4.79 Å². The molecular formula is C10H14N2O2S2. The summed E-state index contributed by atoms with van der Waals surface area (Å²) in [4.78, 5) is 15.5. The first-order valence-electron chi connectivity index (χ1n) is 4.99. The van der Waals surface area contributed by atoms with Gasteiger partial charge < -0.3 is 5.11 Å². The minimum atomic E-state index is -0.798. The molecule has 1 aromatic rings. The summed E-state index contributed by atoms with van der Waals surface area (Å²) in [5, 5.41) is 15.2. The lowest BCUT2D eigenvalue weighted by Crippen LogP contribution is -2.43. The minimum Gasteiger partial charge on any atom is -0.480 e. The highest BCUT2D eigenvalue weighted by atomic mass is 32.2. The third-order valence-electron chi connectivity index (χ3n) is 2.54. The maximum Gasteiger partial charge on any atom is 0.322 e. The molecule has 1 aromatic heterocycles. The van der Waals surface area contributed by atoms with Crippen molar-refractivity contribution in [1.82, 2.24) is 10.3 Å². The van der Waals surface area contributed by atoms with Gasteiger partial charge in [-0.15, -0.1) is 23.1 Å². The van der Waals surface area contributed by atoms with Crippen molar-refractivity contribution < 1.29 is 9.90 Å². The number of rotatable bonds is 2. The van der Waals surface area contributed by atoms with E-state index in [0.717, 1.165) is 10.7 Å². The molecule has 2 N–H and O–H groups in total. The smallest absolute Gasteiger partial charge is 0.322 e. The van der Waals surface area contributed by atoms with Crippen LogP contribution in [0.5, 0.6) is 0 Å². The van der Waals surface area contributed by atoms with Gasteiger partial charge in [-0.1, -0.05) is 0 Å². The number of nitrogens with one attached hydrogen (secondary N) is 1. The van der Waals surface area contributed by atoms with Gasteiger partial charge in [-0.3, -0.25) is 10.1 Å². The number of hydrogen-bond donors (Lipinski definition) is 2. The Morgan fingerprint density at radius 3 is 2.75 bits per heavy atom. The molecule has 6 heteroatoms. The van der Waals surface area contributed by atoms with Crippen LogP contribution < -0.4 is 5.32 Å². The second-order valence-corrected chi connectivity index (χ2v) is 7.02. The zero-order valence-corrected chi connectivity index (χ0v) is 11.0. The highest BCUT2D eigenvalue weighted by Gasteiger charge is 2.46. The maximum atomic E-state index is 11.1. The summed E-state index contributed by atoms with van der Waals surface area (Å²) in [6.45, 7) is 5.84. The molecule has 0 bridgehead atoms. The molecule has 4 nitrogen and oxygen atoms in total. The van der Waals surface area contributed by atoms with E-state index in [1.807, 2.05) is 26.2 Å². The van der Waals surface area contributed by atoms with E-state index >= 15 is 0 Å². The van der Waals surface area contributed by atoms with E-state index in [-0.39, 0.29) is 10.1 Å².